The van der Waals surface area contributed by atoms with E-state index in [0.717, 1.165) is 0 Å². The zero-order valence-electron chi connectivity index (χ0n) is 16.5. The standard InChI is InChI=1S/C19H26N4O5/c1-5-20-18(25)21-14-8-6-13(7-9-14)16-15(17(24)28-11-10-27-4)12(2)23(3)19(26)22-16/h6-9,16H,5,10-11H2,1-4H3,(H,22,26)(H2,20,21,25)/t16-/m0/s1. The molecule has 28 heavy (non-hydrogen) atoms. The molecule has 1 heterocycles. The lowest BCUT2D eigenvalue weighted by Gasteiger charge is -2.33. The van der Waals surface area contributed by atoms with Gasteiger partial charge in [0, 0.05) is 32.1 Å². The molecular formula is C19H26N4O5. The molecule has 1 atom stereocenters. The highest BCUT2D eigenvalue weighted by Crippen LogP contribution is 2.31. The molecule has 0 saturated heterocycles. The summed E-state index contributed by atoms with van der Waals surface area (Å²) < 4.78 is 10.2. The lowest BCUT2D eigenvalue weighted by molar-refractivity contribution is -0.140. The summed E-state index contributed by atoms with van der Waals surface area (Å²) in [6.45, 7) is 4.44. The number of amides is 4. The minimum atomic E-state index is -0.655. The molecule has 9 heteroatoms. The Bertz CT molecular complexity index is 760. The molecule has 0 saturated carbocycles. The number of ether oxygens (including phenoxy) is 2. The summed E-state index contributed by atoms with van der Waals surface area (Å²) in [4.78, 5) is 37.9. The number of methoxy groups -OCH3 is 1. The van der Waals surface area contributed by atoms with Crippen molar-refractivity contribution in [3.8, 4) is 0 Å². The fraction of sp³-hybridized carbons (Fsp3) is 0.421. The first-order valence-electron chi connectivity index (χ1n) is 8.94. The molecule has 2 rings (SSSR count). The molecule has 1 aromatic rings. The van der Waals surface area contributed by atoms with Gasteiger partial charge in [0.25, 0.3) is 0 Å². The SMILES string of the molecule is CCNC(=O)Nc1ccc([C@@H]2NC(=O)N(C)C(C)=C2C(=O)OCCOC)cc1. The second-order valence-electron chi connectivity index (χ2n) is 6.18. The predicted octanol–water partition coefficient (Wildman–Crippen LogP) is 1.99. The quantitative estimate of drug-likeness (QED) is 0.487. The zero-order valence-corrected chi connectivity index (χ0v) is 16.5. The highest BCUT2D eigenvalue weighted by molar-refractivity contribution is 5.95. The number of esters is 1. The van der Waals surface area contributed by atoms with Crippen LogP contribution in [-0.2, 0) is 14.3 Å². The Labute approximate surface area is 164 Å². The Kier molecular flexibility index (Phi) is 7.39. The molecule has 1 aliphatic heterocycles. The maximum Gasteiger partial charge on any atom is 0.338 e. The van der Waals surface area contributed by atoms with Gasteiger partial charge in [0.1, 0.15) is 6.61 Å². The van der Waals surface area contributed by atoms with Gasteiger partial charge < -0.3 is 30.3 Å². The number of carbonyl (C=O) groups is 3. The lowest BCUT2D eigenvalue weighted by atomic mass is 9.95. The van der Waals surface area contributed by atoms with Gasteiger partial charge in [-0.15, -0.1) is 0 Å². The zero-order chi connectivity index (χ0) is 20.7. The molecule has 0 aliphatic carbocycles. The van der Waals surface area contributed by atoms with Crippen LogP contribution in [0.1, 0.15) is 25.5 Å². The van der Waals surface area contributed by atoms with Crippen LogP contribution < -0.4 is 16.0 Å². The molecular weight excluding hydrogens is 364 g/mol. The number of urea groups is 2. The van der Waals surface area contributed by atoms with Crippen molar-refractivity contribution in [3.63, 3.8) is 0 Å². The van der Waals surface area contributed by atoms with Gasteiger partial charge in [-0.25, -0.2) is 14.4 Å². The van der Waals surface area contributed by atoms with E-state index in [1.807, 2.05) is 6.92 Å². The normalized spacial score (nSPS) is 16.5. The van der Waals surface area contributed by atoms with Gasteiger partial charge in [-0.2, -0.15) is 0 Å². The highest BCUT2D eigenvalue weighted by atomic mass is 16.6. The van der Waals surface area contributed by atoms with E-state index in [1.165, 1.54) is 12.0 Å². The second-order valence-corrected chi connectivity index (χ2v) is 6.18. The van der Waals surface area contributed by atoms with Crippen molar-refractivity contribution in [3.05, 3.63) is 41.1 Å². The van der Waals surface area contributed by atoms with Crippen LogP contribution in [0.5, 0.6) is 0 Å². The van der Waals surface area contributed by atoms with Crippen molar-refractivity contribution in [1.29, 1.82) is 0 Å². The Hall–Kier alpha value is -3.07. The van der Waals surface area contributed by atoms with Crippen LogP contribution in [0.25, 0.3) is 0 Å². The molecule has 0 unspecified atom stereocenters. The van der Waals surface area contributed by atoms with Crippen LogP contribution in [0.4, 0.5) is 15.3 Å². The van der Waals surface area contributed by atoms with E-state index in [1.54, 1.807) is 38.2 Å². The summed E-state index contributed by atoms with van der Waals surface area (Å²) in [5.41, 5.74) is 2.16. The number of nitrogens with zero attached hydrogens (tertiary/aromatic N) is 1. The fourth-order valence-corrected chi connectivity index (χ4v) is 2.74. The highest BCUT2D eigenvalue weighted by Gasteiger charge is 2.34. The Balaban J connectivity index is 2.26. The fourth-order valence-electron chi connectivity index (χ4n) is 2.74. The molecule has 152 valence electrons. The first kappa shape index (κ1) is 21.2. The third-order valence-corrected chi connectivity index (χ3v) is 4.33. The smallest absolute Gasteiger partial charge is 0.338 e. The number of anilines is 1. The van der Waals surface area contributed by atoms with Crippen LogP contribution in [0.15, 0.2) is 35.5 Å². The third-order valence-electron chi connectivity index (χ3n) is 4.33. The summed E-state index contributed by atoms with van der Waals surface area (Å²) in [5, 5.41) is 8.16. The average Bonchev–Trinajstić information content (AvgIpc) is 2.66. The van der Waals surface area contributed by atoms with Crippen molar-refractivity contribution in [1.82, 2.24) is 15.5 Å². The minimum Gasteiger partial charge on any atom is -0.460 e. The number of hydrogen-bond donors (Lipinski definition) is 3. The molecule has 4 amide bonds. The molecule has 0 fully saturated rings. The van der Waals surface area contributed by atoms with E-state index in [0.29, 0.717) is 29.1 Å². The van der Waals surface area contributed by atoms with Gasteiger partial charge in [0.2, 0.25) is 0 Å². The summed E-state index contributed by atoms with van der Waals surface area (Å²) >= 11 is 0. The van der Waals surface area contributed by atoms with Gasteiger partial charge in [0.15, 0.2) is 0 Å². The van der Waals surface area contributed by atoms with E-state index < -0.39 is 12.0 Å². The topological polar surface area (TPSA) is 109 Å². The molecule has 0 aromatic heterocycles. The summed E-state index contributed by atoms with van der Waals surface area (Å²) in [6, 6.07) is 5.62. The lowest BCUT2D eigenvalue weighted by Crippen LogP contribution is -2.46. The summed E-state index contributed by atoms with van der Waals surface area (Å²) in [6.07, 6.45) is 0. The van der Waals surface area contributed by atoms with Gasteiger partial charge in [-0.05, 0) is 31.5 Å². The van der Waals surface area contributed by atoms with E-state index in [-0.39, 0.29) is 25.3 Å². The van der Waals surface area contributed by atoms with Crippen LogP contribution in [0, 0.1) is 0 Å². The minimum absolute atomic E-state index is 0.117. The van der Waals surface area contributed by atoms with E-state index in [2.05, 4.69) is 16.0 Å². The Morgan fingerprint density at radius 3 is 2.50 bits per heavy atom. The van der Waals surface area contributed by atoms with Gasteiger partial charge >= 0.3 is 18.0 Å². The first-order chi connectivity index (χ1) is 13.4. The van der Waals surface area contributed by atoms with E-state index in [9.17, 15) is 14.4 Å². The molecule has 0 bridgehead atoms. The summed E-state index contributed by atoms with van der Waals surface area (Å²) in [5.74, 6) is -0.518. The van der Waals surface area contributed by atoms with E-state index in [4.69, 9.17) is 9.47 Å². The van der Waals surface area contributed by atoms with Crippen LogP contribution in [0.3, 0.4) is 0 Å². The molecule has 9 nitrogen and oxygen atoms in total. The number of nitrogens with one attached hydrogen (secondary N) is 3. The third kappa shape index (κ3) is 5.01. The molecule has 3 N–H and O–H groups in total. The van der Waals surface area contributed by atoms with Gasteiger partial charge in [-0.3, -0.25) is 0 Å². The molecule has 1 aliphatic rings. The maximum atomic E-state index is 12.6. The van der Waals surface area contributed by atoms with Crippen LogP contribution in [0.2, 0.25) is 0 Å². The Morgan fingerprint density at radius 1 is 1.21 bits per heavy atom. The predicted molar refractivity (Wildman–Crippen MR) is 104 cm³/mol. The molecule has 1 aromatic carbocycles. The van der Waals surface area contributed by atoms with Gasteiger partial charge in [-0.1, -0.05) is 12.1 Å². The van der Waals surface area contributed by atoms with Crippen LogP contribution >= 0.6 is 0 Å². The molecule has 0 spiro atoms. The Morgan fingerprint density at radius 2 is 1.89 bits per heavy atom. The van der Waals surface area contributed by atoms with Crippen LogP contribution in [-0.4, -0.2) is 56.8 Å². The van der Waals surface area contributed by atoms with E-state index >= 15 is 0 Å². The largest absolute Gasteiger partial charge is 0.460 e. The van der Waals surface area contributed by atoms with Crippen molar-refractivity contribution < 1.29 is 23.9 Å². The van der Waals surface area contributed by atoms with Crippen molar-refractivity contribution in [2.24, 2.45) is 0 Å². The number of allylic oxidation sites excluding steroid dienone is 1. The van der Waals surface area contributed by atoms with Crippen molar-refractivity contribution >= 4 is 23.7 Å². The number of benzene rings is 1. The van der Waals surface area contributed by atoms with Crippen molar-refractivity contribution in [2.75, 3.05) is 39.2 Å². The maximum absolute atomic E-state index is 12.6. The summed E-state index contributed by atoms with van der Waals surface area (Å²) in [7, 11) is 3.11. The number of rotatable bonds is 7. The van der Waals surface area contributed by atoms with Crippen molar-refractivity contribution in [2.45, 2.75) is 19.9 Å². The number of hydrogen-bond acceptors (Lipinski definition) is 5. The average molecular weight is 390 g/mol. The second kappa shape index (κ2) is 9.75. The van der Waals surface area contributed by atoms with Gasteiger partial charge in [0.05, 0.1) is 18.2 Å². The monoisotopic (exact) mass is 390 g/mol. The molecule has 0 radical (unpaired) electrons. The number of carbonyl (C=O) groups excluding carboxylic acids is 3. The first-order valence-corrected chi connectivity index (χ1v) is 8.94.